The Kier molecular flexibility index (Phi) is 8.03. The van der Waals surface area contributed by atoms with Crippen LogP contribution in [-0.2, 0) is 9.53 Å². The van der Waals surface area contributed by atoms with Crippen LogP contribution in [0.3, 0.4) is 0 Å². The van der Waals surface area contributed by atoms with Crippen LogP contribution in [0.2, 0.25) is 0 Å². The van der Waals surface area contributed by atoms with Gasteiger partial charge in [0.25, 0.3) is 0 Å². The van der Waals surface area contributed by atoms with E-state index in [-0.39, 0.29) is 5.97 Å². The van der Waals surface area contributed by atoms with E-state index in [0.717, 1.165) is 35.9 Å². The summed E-state index contributed by atoms with van der Waals surface area (Å²) in [6, 6.07) is 11.0. The van der Waals surface area contributed by atoms with Gasteiger partial charge in [-0.1, -0.05) is 44.7 Å². The lowest BCUT2D eigenvalue weighted by Gasteiger charge is -2.31. The Balaban J connectivity index is 1.81. The van der Waals surface area contributed by atoms with Crippen LogP contribution in [0.5, 0.6) is 17.2 Å². The normalized spacial score (nSPS) is 14.9. The van der Waals surface area contributed by atoms with Crippen molar-refractivity contribution in [2.24, 2.45) is 0 Å². The first-order valence-corrected chi connectivity index (χ1v) is 12.5. The lowest BCUT2D eigenvalue weighted by molar-refractivity contribution is -0.139. The highest BCUT2D eigenvalue weighted by Crippen LogP contribution is 2.48. The number of fused-ring (bicyclic) bond motifs is 3. The van der Waals surface area contributed by atoms with Gasteiger partial charge in [-0.05, 0) is 37.6 Å². The smallest absolute Gasteiger partial charge is 0.338 e. The molecule has 1 N–H and O–H groups in total. The molecule has 36 heavy (non-hydrogen) atoms. The molecule has 0 fully saturated rings. The summed E-state index contributed by atoms with van der Waals surface area (Å²) in [7, 11) is 4.73. The number of rotatable bonds is 11. The molecule has 8 nitrogen and oxygen atoms in total. The summed E-state index contributed by atoms with van der Waals surface area (Å²) in [6.07, 6.45) is 5.40. The standard InChI is InChI=1S/C28H35N3O5/c1-6-7-8-9-12-17-36-27(32)23-18(2)29-28-30-20-13-10-11-14-21(20)31(28)24(23)19-15-16-22(33-3)26(35-5)25(19)34-4/h10-11,13-16,24H,6-9,12,17H2,1-5H3,(H,29,30)/t24-/m1/s1. The van der Waals surface area contributed by atoms with Crippen molar-refractivity contribution >= 4 is 23.0 Å². The van der Waals surface area contributed by atoms with E-state index in [0.29, 0.717) is 41.1 Å². The number of allylic oxidation sites excluding steroid dienone is 1. The Morgan fingerprint density at radius 1 is 0.972 bits per heavy atom. The lowest BCUT2D eigenvalue weighted by Crippen LogP contribution is -2.29. The highest BCUT2D eigenvalue weighted by Gasteiger charge is 2.37. The van der Waals surface area contributed by atoms with Gasteiger partial charge >= 0.3 is 5.97 Å². The zero-order chi connectivity index (χ0) is 25.7. The van der Waals surface area contributed by atoms with Gasteiger partial charge in [0.2, 0.25) is 11.7 Å². The number of imidazole rings is 1. The number of aromatic nitrogens is 2. The molecule has 1 aromatic heterocycles. The van der Waals surface area contributed by atoms with Crippen molar-refractivity contribution in [2.45, 2.75) is 52.0 Å². The molecule has 0 saturated heterocycles. The number of para-hydroxylation sites is 2. The molecule has 8 heteroatoms. The number of unbranched alkanes of at least 4 members (excludes halogenated alkanes) is 4. The van der Waals surface area contributed by atoms with Gasteiger partial charge in [-0.25, -0.2) is 9.78 Å². The fraction of sp³-hybridized carbons (Fsp3) is 0.429. The number of nitrogens with zero attached hydrogens (tertiary/aromatic N) is 2. The number of nitrogens with one attached hydrogen (secondary N) is 1. The Bertz CT molecular complexity index is 1260. The number of hydrogen-bond donors (Lipinski definition) is 1. The van der Waals surface area contributed by atoms with Gasteiger partial charge in [-0.15, -0.1) is 0 Å². The van der Waals surface area contributed by atoms with Crippen molar-refractivity contribution < 1.29 is 23.7 Å². The van der Waals surface area contributed by atoms with Gasteiger partial charge in [0, 0.05) is 11.3 Å². The fourth-order valence-electron chi connectivity index (χ4n) is 4.81. The van der Waals surface area contributed by atoms with Gasteiger partial charge in [0.05, 0.1) is 50.6 Å². The summed E-state index contributed by atoms with van der Waals surface area (Å²) in [4.78, 5) is 18.4. The molecule has 0 saturated carbocycles. The number of carbonyl (C=O) groups is 1. The highest BCUT2D eigenvalue weighted by molar-refractivity contribution is 5.94. The predicted molar refractivity (Wildman–Crippen MR) is 140 cm³/mol. The van der Waals surface area contributed by atoms with Crippen LogP contribution in [0.1, 0.15) is 57.6 Å². The van der Waals surface area contributed by atoms with Gasteiger partial charge in [-0.3, -0.25) is 4.57 Å². The lowest BCUT2D eigenvalue weighted by atomic mass is 9.93. The third-order valence-electron chi connectivity index (χ3n) is 6.56. The molecule has 0 spiro atoms. The van der Waals surface area contributed by atoms with Crippen LogP contribution in [0, 0.1) is 0 Å². The van der Waals surface area contributed by atoms with E-state index in [9.17, 15) is 4.79 Å². The summed E-state index contributed by atoms with van der Waals surface area (Å²) < 4.78 is 24.8. The van der Waals surface area contributed by atoms with E-state index in [1.54, 1.807) is 21.3 Å². The largest absolute Gasteiger partial charge is 0.493 e. The van der Waals surface area contributed by atoms with Crippen molar-refractivity contribution in [1.29, 1.82) is 0 Å². The van der Waals surface area contributed by atoms with E-state index in [1.807, 2.05) is 47.9 Å². The number of hydrogen-bond acceptors (Lipinski definition) is 7. The quantitative estimate of drug-likeness (QED) is 0.264. The molecule has 0 amide bonds. The summed E-state index contributed by atoms with van der Waals surface area (Å²) in [5, 5.41) is 3.32. The molecule has 192 valence electrons. The number of anilines is 1. The Morgan fingerprint density at radius 2 is 1.72 bits per heavy atom. The van der Waals surface area contributed by atoms with E-state index in [1.165, 1.54) is 12.8 Å². The maximum Gasteiger partial charge on any atom is 0.338 e. The molecule has 1 atom stereocenters. The third kappa shape index (κ3) is 4.72. The summed E-state index contributed by atoms with van der Waals surface area (Å²) in [5.74, 6) is 1.78. The minimum absolute atomic E-state index is 0.360. The van der Waals surface area contributed by atoms with E-state index in [2.05, 4.69) is 12.2 Å². The van der Waals surface area contributed by atoms with Crippen molar-refractivity contribution in [1.82, 2.24) is 9.55 Å². The number of ether oxygens (including phenoxy) is 4. The second-order valence-corrected chi connectivity index (χ2v) is 8.83. The van der Waals surface area contributed by atoms with E-state index in [4.69, 9.17) is 23.9 Å². The molecular weight excluding hydrogens is 458 g/mol. The minimum Gasteiger partial charge on any atom is -0.493 e. The molecular formula is C28H35N3O5. The average molecular weight is 494 g/mol. The monoisotopic (exact) mass is 493 g/mol. The van der Waals surface area contributed by atoms with Crippen LogP contribution in [-0.4, -0.2) is 43.5 Å². The van der Waals surface area contributed by atoms with Gasteiger partial charge in [0.15, 0.2) is 11.5 Å². The van der Waals surface area contributed by atoms with Crippen molar-refractivity contribution in [3.8, 4) is 17.2 Å². The zero-order valence-electron chi connectivity index (χ0n) is 21.7. The number of benzene rings is 2. The maximum absolute atomic E-state index is 13.6. The Hall–Kier alpha value is -3.68. The average Bonchev–Trinajstić information content (AvgIpc) is 3.26. The third-order valence-corrected chi connectivity index (χ3v) is 6.56. The Morgan fingerprint density at radius 3 is 2.44 bits per heavy atom. The molecule has 2 aromatic carbocycles. The second-order valence-electron chi connectivity index (χ2n) is 8.83. The second kappa shape index (κ2) is 11.4. The van der Waals surface area contributed by atoms with Gasteiger partial charge in [0.1, 0.15) is 0 Å². The zero-order valence-corrected chi connectivity index (χ0v) is 21.7. The predicted octanol–water partition coefficient (Wildman–Crippen LogP) is 5.86. The first kappa shape index (κ1) is 25.4. The number of carbonyl (C=O) groups excluding carboxylic acids is 1. The van der Waals surface area contributed by atoms with Crippen LogP contribution >= 0.6 is 0 Å². The number of methoxy groups -OCH3 is 3. The Labute approximate surface area is 212 Å². The molecule has 0 bridgehead atoms. The van der Waals surface area contributed by atoms with Crippen molar-refractivity contribution in [2.75, 3.05) is 33.3 Å². The molecule has 0 unspecified atom stereocenters. The van der Waals surface area contributed by atoms with E-state index < -0.39 is 6.04 Å². The molecule has 4 rings (SSSR count). The topological polar surface area (TPSA) is 83.8 Å². The summed E-state index contributed by atoms with van der Waals surface area (Å²) in [6.45, 7) is 4.44. The number of esters is 1. The molecule has 2 heterocycles. The molecule has 0 aliphatic carbocycles. The van der Waals surface area contributed by atoms with Crippen LogP contribution < -0.4 is 19.5 Å². The molecule has 0 radical (unpaired) electrons. The molecule has 1 aliphatic heterocycles. The first-order valence-electron chi connectivity index (χ1n) is 12.5. The SMILES string of the molecule is CCCCCCCOC(=O)C1=C(C)Nc2nc3ccccc3n2[C@@H]1c1ccc(OC)c(OC)c1OC. The molecule has 3 aromatic rings. The molecule has 1 aliphatic rings. The maximum atomic E-state index is 13.6. The van der Waals surface area contributed by atoms with Crippen LogP contribution in [0.15, 0.2) is 47.7 Å². The fourth-order valence-corrected chi connectivity index (χ4v) is 4.81. The van der Waals surface area contributed by atoms with Crippen LogP contribution in [0.25, 0.3) is 11.0 Å². The highest BCUT2D eigenvalue weighted by atomic mass is 16.5. The van der Waals surface area contributed by atoms with Crippen molar-refractivity contribution in [3.63, 3.8) is 0 Å². The minimum atomic E-state index is -0.545. The van der Waals surface area contributed by atoms with Crippen LogP contribution in [0.4, 0.5) is 5.95 Å². The van der Waals surface area contributed by atoms with Gasteiger partial charge < -0.3 is 24.3 Å². The summed E-state index contributed by atoms with van der Waals surface area (Å²) in [5.41, 5.74) is 3.65. The van der Waals surface area contributed by atoms with Gasteiger partial charge in [-0.2, -0.15) is 0 Å². The van der Waals surface area contributed by atoms with Crippen molar-refractivity contribution in [3.05, 3.63) is 53.2 Å². The first-order chi connectivity index (χ1) is 17.5. The summed E-state index contributed by atoms with van der Waals surface area (Å²) >= 11 is 0. The van der Waals surface area contributed by atoms with E-state index >= 15 is 0 Å².